The fourth-order valence-electron chi connectivity index (χ4n) is 2.74. The van der Waals surface area contributed by atoms with Crippen LogP contribution >= 0.6 is 0 Å². The van der Waals surface area contributed by atoms with Gasteiger partial charge in [0, 0.05) is 6.54 Å². The Kier molecular flexibility index (Phi) is 6.68. The van der Waals surface area contributed by atoms with Gasteiger partial charge in [-0.3, -0.25) is 0 Å². The van der Waals surface area contributed by atoms with Gasteiger partial charge in [-0.2, -0.15) is 0 Å². The molecular weight excluding hydrogens is 322 g/mol. The first-order valence-electron chi connectivity index (χ1n) is 8.93. The van der Waals surface area contributed by atoms with Crippen LogP contribution in [0.3, 0.4) is 0 Å². The van der Waals surface area contributed by atoms with E-state index in [0.717, 1.165) is 31.0 Å². The summed E-state index contributed by atoms with van der Waals surface area (Å²) >= 11 is 0. The minimum Gasteiger partial charge on any atom is -0.497 e. The Hall–Kier alpha value is -2.78. The van der Waals surface area contributed by atoms with E-state index in [2.05, 4.69) is 41.7 Å². The molecule has 0 radical (unpaired) electrons. The Labute approximate surface area is 155 Å². The number of nitrogens with one attached hydrogen (secondary N) is 1. The van der Waals surface area contributed by atoms with Crippen LogP contribution in [0.2, 0.25) is 0 Å². The van der Waals surface area contributed by atoms with E-state index in [1.165, 1.54) is 16.7 Å². The summed E-state index contributed by atoms with van der Waals surface area (Å²) in [6, 6.07) is 26.7. The molecular formula is C23H25NO2. The number of rotatable bonds is 9. The Bertz CT molecular complexity index is 785. The van der Waals surface area contributed by atoms with Crippen molar-refractivity contribution in [3.8, 4) is 11.5 Å². The van der Waals surface area contributed by atoms with E-state index in [1.54, 1.807) is 7.11 Å². The van der Waals surface area contributed by atoms with Crippen molar-refractivity contribution in [1.29, 1.82) is 0 Å². The molecule has 0 atom stereocenters. The maximum absolute atomic E-state index is 5.82. The molecule has 3 aromatic carbocycles. The van der Waals surface area contributed by atoms with E-state index in [4.69, 9.17) is 9.47 Å². The topological polar surface area (TPSA) is 30.5 Å². The zero-order valence-electron chi connectivity index (χ0n) is 15.2. The molecule has 26 heavy (non-hydrogen) atoms. The van der Waals surface area contributed by atoms with Crippen LogP contribution < -0.4 is 14.8 Å². The van der Waals surface area contributed by atoms with E-state index in [-0.39, 0.29) is 0 Å². The molecule has 0 heterocycles. The number of benzene rings is 3. The highest BCUT2D eigenvalue weighted by Gasteiger charge is 1.99. The number of methoxy groups -OCH3 is 1. The maximum Gasteiger partial charge on any atom is 0.119 e. The van der Waals surface area contributed by atoms with Gasteiger partial charge in [0.2, 0.25) is 0 Å². The second kappa shape index (κ2) is 9.64. The monoisotopic (exact) mass is 347 g/mol. The lowest BCUT2D eigenvalue weighted by Gasteiger charge is -2.09. The Morgan fingerprint density at radius 3 is 2.27 bits per heavy atom. The molecule has 3 heteroatoms. The fourth-order valence-corrected chi connectivity index (χ4v) is 2.74. The molecule has 0 aliphatic rings. The standard InChI is InChI=1S/C23H25NO2/c1-25-23-9-5-8-19(16-23)14-15-24-17-20-10-12-22(13-11-20)26-18-21-6-3-2-4-7-21/h2-13,16,24H,14-15,17-18H2,1H3. The van der Waals surface area contributed by atoms with Crippen molar-refractivity contribution in [3.63, 3.8) is 0 Å². The molecule has 0 saturated carbocycles. The van der Waals surface area contributed by atoms with E-state index < -0.39 is 0 Å². The second-order valence-electron chi connectivity index (χ2n) is 6.20. The molecule has 0 unspecified atom stereocenters. The van der Waals surface area contributed by atoms with Gasteiger partial charge < -0.3 is 14.8 Å². The van der Waals surface area contributed by atoms with Crippen LogP contribution in [0, 0.1) is 0 Å². The number of hydrogen-bond donors (Lipinski definition) is 1. The summed E-state index contributed by atoms with van der Waals surface area (Å²) in [4.78, 5) is 0. The molecule has 0 aromatic heterocycles. The summed E-state index contributed by atoms with van der Waals surface area (Å²) in [6.07, 6.45) is 0.982. The van der Waals surface area contributed by atoms with E-state index >= 15 is 0 Å². The molecule has 0 saturated heterocycles. The third-order valence-electron chi connectivity index (χ3n) is 4.23. The van der Waals surface area contributed by atoms with Gasteiger partial charge in [-0.05, 0) is 53.9 Å². The average molecular weight is 347 g/mol. The first-order chi connectivity index (χ1) is 12.8. The molecule has 3 aromatic rings. The molecule has 0 fully saturated rings. The van der Waals surface area contributed by atoms with Crippen LogP contribution in [0.1, 0.15) is 16.7 Å². The van der Waals surface area contributed by atoms with E-state index in [9.17, 15) is 0 Å². The van der Waals surface area contributed by atoms with Gasteiger partial charge in [0.05, 0.1) is 7.11 Å². The Morgan fingerprint density at radius 1 is 0.731 bits per heavy atom. The SMILES string of the molecule is COc1cccc(CCNCc2ccc(OCc3ccccc3)cc2)c1. The minimum atomic E-state index is 0.596. The van der Waals surface area contributed by atoms with Crippen LogP contribution in [-0.4, -0.2) is 13.7 Å². The predicted octanol–water partition coefficient (Wildman–Crippen LogP) is 4.61. The third kappa shape index (κ3) is 5.64. The van der Waals surface area contributed by atoms with Gasteiger partial charge >= 0.3 is 0 Å². The quantitative estimate of drug-likeness (QED) is 0.574. The first kappa shape index (κ1) is 18.0. The van der Waals surface area contributed by atoms with Crippen LogP contribution in [0.4, 0.5) is 0 Å². The van der Waals surface area contributed by atoms with Gasteiger partial charge in [-0.25, -0.2) is 0 Å². The van der Waals surface area contributed by atoms with Crippen molar-refractivity contribution in [2.75, 3.05) is 13.7 Å². The molecule has 0 aliphatic heterocycles. The van der Waals surface area contributed by atoms with Gasteiger partial charge in [0.15, 0.2) is 0 Å². The van der Waals surface area contributed by atoms with Crippen molar-refractivity contribution in [1.82, 2.24) is 5.32 Å². The smallest absolute Gasteiger partial charge is 0.119 e. The molecule has 0 amide bonds. The molecule has 0 bridgehead atoms. The van der Waals surface area contributed by atoms with Crippen LogP contribution in [0.15, 0.2) is 78.9 Å². The van der Waals surface area contributed by atoms with Gasteiger partial charge in [0.1, 0.15) is 18.1 Å². The Morgan fingerprint density at radius 2 is 1.50 bits per heavy atom. The molecule has 3 rings (SSSR count). The average Bonchev–Trinajstić information content (AvgIpc) is 2.71. The molecule has 134 valence electrons. The zero-order valence-corrected chi connectivity index (χ0v) is 15.2. The summed E-state index contributed by atoms with van der Waals surface area (Å²) in [5.74, 6) is 1.81. The summed E-state index contributed by atoms with van der Waals surface area (Å²) in [6.45, 7) is 2.38. The van der Waals surface area contributed by atoms with Crippen molar-refractivity contribution in [2.45, 2.75) is 19.6 Å². The van der Waals surface area contributed by atoms with Crippen molar-refractivity contribution in [3.05, 3.63) is 95.6 Å². The predicted molar refractivity (Wildman–Crippen MR) is 106 cm³/mol. The van der Waals surface area contributed by atoms with Crippen molar-refractivity contribution in [2.24, 2.45) is 0 Å². The molecule has 0 spiro atoms. The highest BCUT2D eigenvalue weighted by Crippen LogP contribution is 2.15. The minimum absolute atomic E-state index is 0.596. The summed E-state index contributed by atoms with van der Waals surface area (Å²) in [5, 5.41) is 3.48. The van der Waals surface area contributed by atoms with E-state index in [1.807, 2.05) is 42.5 Å². The molecule has 1 N–H and O–H groups in total. The van der Waals surface area contributed by atoms with Crippen LogP contribution in [0.25, 0.3) is 0 Å². The second-order valence-corrected chi connectivity index (χ2v) is 6.20. The normalized spacial score (nSPS) is 10.5. The van der Waals surface area contributed by atoms with Crippen molar-refractivity contribution >= 4 is 0 Å². The molecule has 3 nitrogen and oxygen atoms in total. The lowest BCUT2D eigenvalue weighted by Crippen LogP contribution is -2.16. The van der Waals surface area contributed by atoms with Gasteiger partial charge in [-0.1, -0.05) is 54.6 Å². The lowest BCUT2D eigenvalue weighted by molar-refractivity contribution is 0.306. The highest BCUT2D eigenvalue weighted by molar-refractivity contribution is 5.29. The van der Waals surface area contributed by atoms with Gasteiger partial charge in [-0.15, -0.1) is 0 Å². The first-order valence-corrected chi connectivity index (χ1v) is 8.93. The largest absolute Gasteiger partial charge is 0.497 e. The van der Waals surface area contributed by atoms with Crippen LogP contribution in [0.5, 0.6) is 11.5 Å². The van der Waals surface area contributed by atoms with E-state index in [0.29, 0.717) is 6.61 Å². The zero-order chi connectivity index (χ0) is 18.0. The number of ether oxygens (including phenoxy) is 2. The third-order valence-corrected chi connectivity index (χ3v) is 4.23. The fraction of sp³-hybridized carbons (Fsp3) is 0.217. The van der Waals surface area contributed by atoms with Crippen LogP contribution in [-0.2, 0) is 19.6 Å². The summed E-state index contributed by atoms with van der Waals surface area (Å²) in [7, 11) is 1.70. The van der Waals surface area contributed by atoms with Gasteiger partial charge in [0.25, 0.3) is 0 Å². The summed E-state index contributed by atoms with van der Waals surface area (Å²) < 4.78 is 11.1. The lowest BCUT2D eigenvalue weighted by atomic mass is 10.1. The highest BCUT2D eigenvalue weighted by atomic mass is 16.5. The van der Waals surface area contributed by atoms with Crippen molar-refractivity contribution < 1.29 is 9.47 Å². The molecule has 0 aliphatic carbocycles. The maximum atomic E-state index is 5.82. The summed E-state index contributed by atoms with van der Waals surface area (Å²) in [5.41, 5.74) is 3.71. The Balaban J connectivity index is 1.40. The number of hydrogen-bond acceptors (Lipinski definition) is 3.